The summed E-state index contributed by atoms with van der Waals surface area (Å²) >= 11 is 3.17. The minimum absolute atomic E-state index is 0.111. The number of hydrogen-bond acceptors (Lipinski definition) is 4. The maximum absolute atomic E-state index is 11.8. The number of aryl methyl sites for hydroxylation is 1. The van der Waals surface area contributed by atoms with Crippen LogP contribution in [0.4, 0.5) is 5.69 Å². The van der Waals surface area contributed by atoms with Crippen molar-refractivity contribution in [3.8, 4) is 6.07 Å². The van der Waals surface area contributed by atoms with E-state index in [-0.39, 0.29) is 24.4 Å². The number of rotatable bonds is 4. The van der Waals surface area contributed by atoms with Gasteiger partial charge in [0.2, 0.25) is 5.91 Å². The molecule has 1 amide bonds. The van der Waals surface area contributed by atoms with Gasteiger partial charge in [0.1, 0.15) is 4.60 Å². The molecule has 1 aromatic heterocycles. The van der Waals surface area contributed by atoms with Crippen molar-refractivity contribution in [1.29, 1.82) is 5.26 Å². The van der Waals surface area contributed by atoms with Crippen LogP contribution >= 0.6 is 15.9 Å². The molecule has 0 aliphatic rings. The van der Waals surface area contributed by atoms with E-state index in [0.29, 0.717) is 15.9 Å². The molecule has 1 heterocycles. The van der Waals surface area contributed by atoms with Crippen LogP contribution in [0.25, 0.3) is 0 Å². The van der Waals surface area contributed by atoms with Crippen LogP contribution in [0.2, 0.25) is 0 Å². The molecule has 6 nitrogen and oxygen atoms in total. The number of carbonyl (C=O) groups is 1. The van der Waals surface area contributed by atoms with Crippen LogP contribution in [0.1, 0.15) is 12.0 Å². The number of nitrogens with zero attached hydrogens (tertiary/aromatic N) is 3. The van der Waals surface area contributed by atoms with Crippen molar-refractivity contribution in [1.82, 2.24) is 9.78 Å². The lowest BCUT2D eigenvalue weighted by Gasteiger charge is -2.06. The Balaban J connectivity index is 1.97. The fourth-order valence-electron chi connectivity index (χ4n) is 1.68. The van der Waals surface area contributed by atoms with Gasteiger partial charge in [-0.1, -0.05) is 6.07 Å². The summed E-state index contributed by atoms with van der Waals surface area (Å²) in [6, 6.07) is 11.6. The number of halogens is 1. The Labute approximate surface area is 129 Å². The van der Waals surface area contributed by atoms with Crippen molar-refractivity contribution in [2.75, 3.05) is 5.32 Å². The largest absolute Gasteiger partial charge is 0.326 e. The molecule has 1 N–H and O–H groups in total. The van der Waals surface area contributed by atoms with Gasteiger partial charge in [0.15, 0.2) is 0 Å². The minimum Gasteiger partial charge on any atom is -0.326 e. The van der Waals surface area contributed by atoms with Crippen LogP contribution < -0.4 is 10.9 Å². The van der Waals surface area contributed by atoms with Crippen LogP contribution in [0.5, 0.6) is 0 Å². The van der Waals surface area contributed by atoms with Crippen LogP contribution in [0.15, 0.2) is 45.8 Å². The van der Waals surface area contributed by atoms with Gasteiger partial charge < -0.3 is 5.32 Å². The van der Waals surface area contributed by atoms with Crippen LogP contribution in [0, 0.1) is 11.3 Å². The van der Waals surface area contributed by atoms with E-state index in [1.165, 1.54) is 10.7 Å². The average Bonchev–Trinajstić information content (AvgIpc) is 2.48. The number of aromatic nitrogens is 2. The van der Waals surface area contributed by atoms with E-state index >= 15 is 0 Å². The van der Waals surface area contributed by atoms with Crippen molar-refractivity contribution in [2.45, 2.75) is 13.0 Å². The molecule has 0 aliphatic heterocycles. The topological polar surface area (TPSA) is 87.8 Å². The predicted octanol–water partition coefficient (Wildman–Crippen LogP) is 1.91. The first kappa shape index (κ1) is 14.9. The van der Waals surface area contributed by atoms with Gasteiger partial charge >= 0.3 is 0 Å². The van der Waals surface area contributed by atoms with Crippen LogP contribution in [-0.2, 0) is 11.3 Å². The van der Waals surface area contributed by atoms with E-state index in [0.717, 1.165) is 0 Å². The van der Waals surface area contributed by atoms with E-state index in [4.69, 9.17) is 5.26 Å². The zero-order valence-corrected chi connectivity index (χ0v) is 12.5. The number of anilines is 1. The Hall–Kier alpha value is -2.46. The first-order valence-electron chi connectivity index (χ1n) is 6.12. The highest BCUT2D eigenvalue weighted by Crippen LogP contribution is 2.10. The lowest BCUT2D eigenvalue weighted by molar-refractivity contribution is -0.116. The molecule has 0 saturated heterocycles. The van der Waals surface area contributed by atoms with E-state index in [2.05, 4.69) is 26.3 Å². The molecule has 7 heteroatoms. The number of carbonyl (C=O) groups excluding carboxylic acids is 1. The Bertz CT molecular complexity index is 764. The van der Waals surface area contributed by atoms with Gasteiger partial charge in [-0.15, -0.1) is 0 Å². The molecular formula is C14H11BrN4O2. The van der Waals surface area contributed by atoms with Crippen molar-refractivity contribution >= 4 is 27.5 Å². The van der Waals surface area contributed by atoms with Crippen LogP contribution in [-0.4, -0.2) is 15.7 Å². The fraction of sp³-hybridized carbons (Fsp3) is 0.143. The number of nitriles is 1. The van der Waals surface area contributed by atoms with E-state index in [1.807, 2.05) is 6.07 Å². The zero-order valence-electron chi connectivity index (χ0n) is 10.9. The molecule has 1 aromatic carbocycles. The molecule has 2 aromatic rings. The SMILES string of the molecule is N#Cc1cccc(NC(=O)CCn2nc(Br)ccc2=O)c1. The van der Waals surface area contributed by atoms with Gasteiger partial charge in [-0.25, -0.2) is 4.68 Å². The standard InChI is InChI=1S/C14H11BrN4O2/c15-12-4-5-14(21)19(18-12)7-6-13(20)17-11-3-1-2-10(8-11)9-16/h1-5,8H,6-7H2,(H,17,20). The van der Waals surface area contributed by atoms with Gasteiger partial charge in [-0.3, -0.25) is 9.59 Å². The monoisotopic (exact) mass is 346 g/mol. The third kappa shape index (κ3) is 4.26. The number of benzene rings is 1. The van der Waals surface area contributed by atoms with Gasteiger partial charge in [-0.2, -0.15) is 10.4 Å². The Kier molecular flexibility index (Phi) is 4.85. The summed E-state index contributed by atoms with van der Waals surface area (Å²) in [5.41, 5.74) is 0.753. The molecule has 0 spiro atoms. The Morgan fingerprint density at radius 2 is 2.19 bits per heavy atom. The van der Waals surface area contributed by atoms with Gasteiger partial charge in [-0.05, 0) is 40.2 Å². The maximum Gasteiger partial charge on any atom is 0.266 e. The number of nitrogens with one attached hydrogen (secondary N) is 1. The quantitative estimate of drug-likeness (QED) is 0.915. The van der Waals surface area contributed by atoms with Crippen molar-refractivity contribution < 1.29 is 4.79 Å². The summed E-state index contributed by atoms with van der Waals surface area (Å²) in [6.07, 6.45) is 0.111. The second-order valence-electron chi connectivity index (χ2n) is 4.21. The molecule has 0 atom stereocenters. The van der Waals surface area contributed by atoms with E-state index in [9.17, 15) is 9.59 Å². The lowest BCUT2D eigenvalue weighted by atomic mass is 10.2. The first-order chi connectivity index (χ1) is 10.1. The average molecular weight is 347 g/mol. The molecule has 0 fully saturated rings. The summed E-state index contributed by atoms with van der Waals surface area (Å²) in [4.78, 5) is 23.4. The molecular weight excluding hydrogens is 336 g/mol. The second kappa shape index (κ2) is 6.81. The number of amides is 1. The van der Waals surface area contributed by atoms with E-state index in [1.54, 1.807) is 30.3 Å². The normalized spacial score (nSPS) is 9.90. The Morgan fingerprint density at radius 1 is 1.38 bits per heavy atom. The summed E-state index contributed by atoms with van der Waals surface area (Å²) in [5, 5.41) is 15.4. The van der Waals surface area contributed by atoms with Gasteiger partial charge in [0.05, 0.1) is 18.2 Å². The fourth-order valence-corrected chi connectivity index (χ4v) is 2.01. The van der Waals surface area contributed by atoms with Crippen LogP contribution in [0.3, 0.4) is 0 Å². The zero-order chi connectivity index (χ0) is 15.2. The first-order valence-corrected chi connectivity index (χ1v) is 6.91. The summed E-state index contributed by atoms with van der Waals surface area (Å²) in [5.74, 6) is -0.251. The molecule has 0 bridgehead atoms. The van der Waals surface area contributed by atoms with E-state index < -0.39 is 0 Å². The van der Waals surface area contributed by atoms with Gasteiger partial charge in [0.25, 0.3) is 5.56 Å². The van der Waals surface area contributed by atoms with Gasteiger partial charge in [0, 0.05) is 18.2 Å². The molecule has 0 aliphatic carbocycles. The van der Waals surface area contributed by atoms with Crippen molar-refractivity contribution in [3.05, 3.63) is 56.9 Å². The molecule has 0 unspecified atom stereocenters. The summed E-state index contributed by atoms with van der Waals surface area (Å²) < 4.78 is 1.75. The molecule has 21 heavy (non-hydrogen) atoms. The highest BCUT2D eigenvalue weighted by molar-refractivity contribution is 9.10. The smallest absolute Gasteiger partial charge is 0.266 e. The minimum atomic E-state index is -0.266. The predicted molar refractivity (Wildman–Crippen MR) is 80.6 cm³/mol. The summed E-state index contributed by atoms with van der Waals surface area (Å²) in [7, 11) is 0. The maximum atomic E-state index is 11.8. The molecule has 2 rings (SSSR count). The van der Waals surface area contributed by atoms with Crippen molar-refractivity contribution in [3.63, 3.8) is 0 Å². The highest BCUT2D eigenvalue weighted by Gasteiger charge is 2.05. The number of hydrogen-bond donors (Lipinski definition) is 1. The Morgan fingerprint density at radius 3 is 2.95 bits per heavy atom. The molecule has 0 saturated carbocycles. The molecule has 0 radical (unpaired) electrons. The molecule has 106 valence electrons. The third-order valence-corrected chi connectivity index (χ3v) is 3.08. The van der Waals surface area contributed by atoms with Crippen molar-refractivity contribution in [2.24, 2.45) is 0 Å². The highest BCUT2D eigenvalue weighted by atomic mass is 79.9. The summed E-state index contributed by atoms with van der Waals surface area (Å²) in [6.45, 7) is 0.183. The third-order valence-electron chi connectivity index (χ3n) is 2.66. The lowest BCUT2D eigenvalue weighted by Crippen LogP contribution is -2.24. The second-order valence-corrected chi connectivity index (χ2v) is 5.02.